The average Bonchev–Trinajstić information content (AvgIpc) is 2.88. The van der Waals surface area contributed by atoms with Crippen LogP contribution in [0.2, 0.25) is 0 Å². The largest absolute Gasteiger partial charge is 0.404 e. The Morgan fingerprint density at radius 3 is 2.63 bits per heavy atom. The van der Waals surface area contributed by atoms with Crippen molar-refractivity contribution < 1.29 is 4.74 Å². The van der Waals surface area contributed by atoms with E-state index in [0.717, 1.165) is 5.69 Å². The number of nitrogens with two attached hydrogens (primary N) is 1. The molecule has 94 valence electrons. The van der Waals surface area contributed by atoms with Crippen molar-refractivity contribution in [3.8, 4) is 17.6 Å². The minimum Gasteiger partial charge on any atom is -0.404 e. The van der Waals surface area contributed by atoms with E-state index in [1.54, 1.807) is 29.2 Å². The van der Waals surface area contributed by atoms with Crippen molar-refractivity contribution in [2.45, 2.75) is 0 Å². The Hall–Kier alpha value is -2.89. The molecule has 0 aliphatic carbocycles. The number of nitrogens with zero attached hydrogens (tertiary/aromatic N) is 4. The topological polar surface area (TPSA) is 78.9 Å². The summed E-state index contributed by atoms with van der Waals surface area (Å²) in [7, 11) is 0. The van der Waals surface area contributed by atoms with Crippen molar-refractivity contribution in [3.63, 3.8) is 0 Å². The number of hydrogen-bond donors (Lipinski definition) is 1. The molecule has 0 saturated carbocycles. The maximum absolute atomic E-state index is 5.57. The van der Waals surface area contributed by atoms with Crippen LogP contribution in [0, 0.1) is 0 Å². The van der Waals surface area contributed by atoms with Gasteiger partial charge in [-0.15, -0.1) is 5.10 Å². The smallest absolute Gasteiger partial charge is 0.342 e. The predicted octanol–water partition coefficient (Wildman–Crippen LogP) is 2.04. The van der Waals surface area contributed by atoms with E-state index in [2.05, 4.69) is 15.1 Å². The van der Waals surface area contributed by atoms with Crippen LogP contribution in [0.25, 0.3) is 5.69 Å². The molecule has 6 nitrogen and oxygen atoms in total. The van der Waals surface area contributed by atoms with Crippen LogP contribution in [0.1, 0.15) is 0 Å². The minimum absolute atomic E-state index is 0.224. The summed E-state index contributed by atoms with van der Waals surface area (Å²) < 4.78 is 7.05. The molecule has 2 heterocycles. The molecule has 0 fully saturated rings. The number of pyridine rings is 1. The number of nitrogen functional groups attached to an aromatic ring is 1. The van der Waals surface area contributed by atoms with Crippen molar-refractivity contribution in [3.05, 3.63) is 54.9 Å². The molecule has 6 heteroatoms. The summed E-state index contributed by atoms with van der Waals surface area (Å²) in [4.78, 5) is 8.08. The van der Waals surface area contributed by atoms with E-state index in [0.29, 0.717) is 11.7 Å². The van der Waals surface area contributed by atoms with Gasteiger partial charge in [0, 0.05) is 6.07 Å². The molecule has 0 spiro atoms. The highest BCUT2D eigenvalue weighted by molar-refractivity contribution is 5.32. The second-order valence-corrected chi connectivity index (χ2v) is 3.81. The first-order valence-electron chi connectivity index (χ1n) is 5.69. The van der Waals surface area contributed by atoms with Gasteiger partial charge in [0.2, 0.25) is 5.88 Å². The zero-order chi connectivity index (χ0) is 13.1. The van der Waals surface area contributed by atoms with E-state index in [-0.39, 0.29) is 6.01 Å². The molecule has 3 aromatic rings. The Labute approximate surface area is 109 Å². The third-order valence-corrected chi connectivity index (χ3v) is 2.43. The van der Waals surface area contributed by atoms with Gasteiger partial charge < -0.3 is 10.5 Å². The summed E-state index contributed by atoms with van der Waals surface area (Å²) in [5.74, 6) is 0.755. The van der Waals surface area contributed by atoms with E-state index < -0.39 is 0 Å². The zero-order valence-electron chi connectivity index (χ0n) is 9.97. The molecule has 2 aromatic heterocycles. The second kappa shape index (κ2) is 4.77. The Kier molecular flexibility index (Phi) is 2.82. The van der Waals surface area contributed by atoms with Gasteiger partial charge >= 0.3 is 6.01 Å². The van der Waals surface area contributed by atoms with E-state index in [1.165, 1.54) is 0 Å². The van der Waals surface area contributed by atoms with E-state index in [1.807, 2.05) is 30.3 Å². The summed E-state index contributed by atoms with van der Waals surface area (Å²) in [5, 5.41) is 4.21. The van der Waals surface area contributed by atoms with Crippen molar-refractivity contribution in [2.75, 3.05) is 5.73 Å². The first kappa shape index (κ1) is 11.2. The SMILES string of the molecule is Nc1cccc(Oc2ncn(-c3ccccc3)n2)n1. The lowest BCUT2D eigenvalue weighted by molar-refractivity contribution is 0.425. The van der Waals surface area contributed by atoms with Gasteiger partial charge in [0.25, 0.3) is 0 Å². The molecule has 0 saturated heterocycles. The number of hydrogen-bond acceptors (Lipinski definition) is 5. The second-order valence-electron chi connectivity index (χ2n) is 3.81. The molecule has 0 unspecified atom stereocenters. The van der Waals surface area contributed by atoms with E-state index in [9.17, 15) is 0 Å². The Morgan fingerprint density at radius 2 is 1.84 bits per heavy atom. The first-order chi connectivity index (χ1) is 9.31. The molecule has 0 amide bonds. The highest BCUT2D eigenvalue weighted by Gasteiger charge is 2.05. The summed E-state index contributed by atoms with van der Waals surface area (Å²) in [6.45, 7) is 0. The van der Waals surface area contributed by atoms with Gasteiger partial charge in [-0.25, -0.2) is 4.68 Å². The van der Waals surface area contributed by atoms with Crippen LogP contribution in [0.4, 0.5) is 5.82 Å². The summed E-state index contributed by atoms with van der Waals surface area (Å²) in [5.41, 5.74) is 6.48. The fraction of sp³-hybridized carbons (Fsp3) is 0. The molecule has 3 rings (SSSR count). The summed E-state index contributed by atoms with van der Waals surface area (Å²) >= 11 is 0. The van der Waals surface area contributed by atoms with Crippen LogP contribution < -0.4 is 10.5 Å². The van der Waals surface area contributed by atoms with E-state index in [4.69, 9.17) is 10.5 Å². The number of benzene rings is 1. The first-order valence-corrected chi connectivity index (χ1v) is 5.69. The van der Waals surface area contributed by atoms with Crippen molar-refractivity contribution in [1.29, 1.82) is 0 Å². The van der Waals surface area contributed by atoms with Gasteiger partial charge in [-0.3, -0.25) is 0 Å². The number of anilines is 1. The van der Waals surface area contributed by atoms with Gasteiger partial charge in [0.1, 0.15) is 12.1 Å². The van der Waals surface area contributed by atoms with Crippen molar-refractivity contribution in [2.24, 2.45) is 0 Å². The van der Waals surface area contributed by atoms with Crippen molar-refractivity contribution in [1.82, 2.24) is 19.7 Å². The van der Waals surface area contributed by atoms with Gasteiger partial charge in [0.15, 0.2) is 0 Å². The molecule has 1 aromatic carbocycles. The van der Waals surface area contributed by atoms with Crippen LogP contribution in [-0.4, -0.2) is 19.7 Å². The fourth-order valence-corrected chi connectivity index (χ4v) is 1.58. The lowest BCUT2D eigenvalue weighted by atomic mass is 10.3. The Balaban J connectivity index is 1.82. The molecule has 2 N–H and O–H groups in total. The standard InChI is InChI=1S/C13H11N5O/c14-11-7-4-8-12(16-11)19-13-15-9-18(17-13)10-5-2-1-3-6-10/h1-9H,(H2,14,16). The summed E-state index contributed by atoms with van der Waals surface area (Å²) in [6.07, 6.45) is 1.58. The lowest BCUT2D eigenvalue weighted by Crippen LogP contribution is -1.96. The lowest BCUT2D eigenvalue weighted by Gasteiger charge is -2.00. The molecule has 0 bridgehead atoms. The fourth-order valence-electron chi connectivity index (χ4n) is 1.58. The highest BCUT2D eigenvalue weighted by atomic mass is 16.5. The van der Waals surface area contributed by atoms with Crippen LogP contribution in [0.5, 0.6) is 11.9 Å². The number of rotatable bonds is 3. The maximum Gasteiger partial charge on any atom is 0.342 e. The normalized spacial score (nSPS) is 10.3. The third-order valence-electron chi connectivity index (χ3n) is 2.43. The monoisotopic (exact) mass is 253 g/mol. The van der Waals surface area contributed by atoms with Crippen LogP contribution >= 0.6 is 0 Å². The third kappa shape index (κ3) is 2.52. The molecule has 19 heavy (non-hydrogen) atoms. The molecule has 0 aliphatic rings. The number of para-hydroxylation sites is 1. The van der Waals surface area contributed by atoms with E-state index >= 15 is 0 Å². The van der Waals surface area contributed by atoms with Crippen molar-refractivity contribution >= 4 is 5.82 Å². The molecular formula is C13H11N5O. The van der Waals surface area contributed by atoms with Gasteiger partial charge in [0.05, 0.1) is 5.69 Å². The molecule has 0 atom stereocenters. The molecular weight excluding hydrogens is 242 g/mol. The Morgan fingerprint density at radius 1 is 1.00 bits per heavy atom. The summed E-state index contributed by atoms with van der Waals surface area (Å²) in [6, 6.07) is 15.0. The molecule has 0 radical (unpaired) electrons. The Bertz CT molecular complexity index is 680. The highest BCUT2D eigenvalue weighted by Crippen LogP contribution is 2.16. The van der Waals surface area contributed by atoms with Crippen LogP contribution in [-0.2, 0) is 0 Å². The van der Waals surface area contributed by atoms with Crippen LogP contribution in [0.15, 0.2) is 54.9 Å². The zero-order valence-corrected chi connectivity index (χ0v) is 9.97. The minimum atomic E-state index is 0.224. The maximum atomic E-state index is 5.57. The number of ether oxygens (including phenoxy) is 1. The number of aromatic nitrogens is 4. The predicted molar refractivity (Wildman–Crippen MR) is 70.1 cm³/mol. The molecule has 0 aliphatic heterocycles. The average molecular weight is 253 g/mol. The van der Waals surface area contributed by atoms with Gasteiger partial charge in [-0.05, 0) is 18.2 Å². The van der Waals surface area contributed by atoms with Gasteiger partial charge in [-0.2, -0.15) is 9.97 Å². The van der Waals surface area contributed by atoms with Gasteiger partial charge in [-0.1, -0.05) is 24.3 Å². The van der Waals surface area contributed by atoms with Crippen LogP contribution in [0.3, 0.4) is 0 Å². The quantitative estimate of drug-likeness (QED) is 0.772.